The molecule has 6 heteroatoms. The summed E-state index contributed by atoms with van der Waals surface area (Å²) in [4.78, 5) is 28.9. The topological polar surface area (TPSA) is 49.9 Å². The zero-order chi connectivity index (χ0) is 18.8. The van der Waals surface area contributed by atoms with Crippen LogP contribution in [-0.2, 0) is 4.79 Å². The molecule has 0 aromatic heterocycles. The number of methoxy groups -OCH3 is 1. The van der Waals surface area contributed by atoms with E-state index in [2.05, 4.69) is 0 Å². The van der Waals surface area contributed by atoms with E-state index >= 15 is 0 Å². The number of carbonyl (C=O) groups excluding carboxylic acids is 2. The van der Waals surface area contributed by atoms with Gasteiger partial charge in [0, 0.05) is 23.8 Å². The Labute approximate surface area is 158 Å². The fourth-order valence-electron chi connectivity index (χ4n) is 3.19. The van der Waals surface area contributed by atoms with Gasteiger partial charge < -0.3 is 14.5 Å². The molecule has 1 aliphatic rings. The van der Waals surface area contributed by atoms with Gasteiger partial charge in [0.05, 0.1) is 12.1 Å². The van der Waals surface area contributed by atoms with Crippen molar-refractivity contribution in [2.75, 3.05) is 25.1 Å². The lowest BCUT2D eigenvalue weighted by molar-refractivity contribution is -0.121. The van der Waals surface area contributed by atoms with Crippen LogP contribution in [0.2, 0.25) is 5.02 Å². The molecule has 0 spiro atoms. The van der Waals surface area contributed by atoms with Crippen molar-refractivity contribution in [3.05, 3.63) is 58.6 Å². The molecule has 3 rings (SSSR count). The van der Waals surface area contributed by atoms with E-state index in [9.17, 15) is 9.59 Å². The van der Waals surface area contributed by atoms with Crippen LogP contribution in [0.15, 0.2) is 42.5 Å². The molecule has 1 fully saturated rings. The van der Waals surface area contributed by atoms with Crippen LogP contribution in [0.5, 0.6) is 5.75 Å². The van der Waals surface area contributed by atoms with Crippen molar-refractivity contribution < 1.29 is 14.3 Å². The number of para-hydroxylation sites is 1. The zero-order valence-corrected chi connectivity index (χ0v) is 15.8. The van der Waals surface area contributed by atoms with Gasteiger partial charge in [0.25, 0.3) is 5.91 Å². The third kappa shape index (κ3) is 3.40. The summed E-state index contributed by atoms with van der Waals surface area (Å²) >= 11 is 6.13. The number of anilines is 1. The summed E-state index contributed by atoms with van der Waals surface area (Å²) in [6.45, 7) is 4.42. The van der Waals surface area contributed by atoms with Gasteiger partial charge in [0.1, 0.15) is 12.3 Å². The lowest BCUT2D eigenvalue weighted by Gasteiger charge is -2.40. The van der Waals surface area contributed by atoms with Gasteiger partial charge in [-0.2, -0.15) is 0 Å². The number of benzene rings is 2. The Morgan fingerprint density at radius 1 is 1.23 bits per heavy atom. The van der Waals surface area contributed by atoms with Gasteiger partial charge in [-0.15, -0.1) is 0 Å². The van der Waals surface area contributed by atoms with Gasteiger partial charge >= 0.3 is 0 Å². The summed E-state index contributed by atoms with van der Waals surface area (Å²) in [6, 6.07) is 12.6. The molecule has 5 nitrogen and oxygen atoms in total. The maximum Gasteiger partial charge on any atom is 0.254 e. The predicted molar refractivity (Wildman–Crippen MR) is 102 cm³/mol. The molecule has 0 radical (unpaired) electrons. The van der Waals surface area contributed by atoms with E-state index in [0.29, 0.717) is 22.9 Å². The average molecular weight is 373 g/mol. The molecule has 0 bridgehead atoms. The molecule has 1 saturated heterocycles. The largest absolute Gasteiger partial charge is 0.495 e. The number of hydrogen-bond donors (Lipinski definition) is 0. The van der Waals surface area contributed by atoms with Gasteiger partial charge in [-0.25, -0.2) is 0 Å². The Kier molecular flexibility index (Phi) is 5.18. The number of ether oxygens (including phenoxy) is 1. The SMILES string of the molecule is COc1ccc(C(=O)N2CC(=O)N(c3ccccc3C)CC2C)cc1Cl. The Morgan fingerprint density at radius 3 is 2.62 bits per heavy atom. The van der Waals surface area contributed by atoms with E-state index in [4.69, 9.17) is 16.3 Å². The molecule has 26 heavy (non-hydrogen) atoms. The number of aryl methyl sites for hydroxylation is 1. The van der Waals surface area contributed by atoms with Crippen LogP contribution in [0.25, 0.3) is 0 Å². The zero-order valence-electron chi connectivity index (χ0n) is 15.0. The molecule has 2 amide bonds. The molecule has 136 valence electrons. The second-order valence-corrected chi connectivity index (χ2v) is 6.83. The minimum absolute atomic E-state index is 0.0397. The van der Waals surface area contributed by atoms with E-state index in [1.807, 2.05) is 38.1 Å². The highest BCUT2D eigenvalue weighted by atomic mass is 35.5. The highest BCUT2D eigenvalue weighted by molar-refractivity contribution is 6.32. The monoisotopic (exact) mass is 372 g/mol. The summed E-state index contributed by atoms with van der Waals surface area (Å²) in [6.07, 6.45) is 0. The van der Waals surface area contributed by atoms with Gasteiger partial charge in [-0.3, -0.25) is 9.59 Å². The number of piperazine rings is 1. The van der Waals surface area contributed by atoms with Gasteiger partial charge in [0.15, 0.2) is 0 Å². The van der Waals surface area contributed by atoms with Crippen LogP contribution < -0.4 is 9.64 Å². The first-order chi connectivity index (χ1) is 12.4. The summed E-state index contributed by atoms with van der Waals surface area (Å²) in [5.74, 6) is 0.210. The van der Waals surface area contributed by atoms with Crippen molar-refractivity contribution in [2.45, 2.75) is 19.9 Å². The minimum Gasteiger partial charge on any atom is -0.495 e. The number of rotatable bonds is 3. The van der Waals surface area contributed by atoms with E-state index in [-0.39, 0.29) is 24.4 Å². The van der Waals surface area contributed by atoms with Crippen molar-refractivity contribution in [1.29, 1.82) is 0 Å². The normalized spacial score (nSPS) is 17.4. The van der Waals surface area contributed by atoms with Crippen molar-refractivity contribution >= 4 is 29.1 Å². The summed E-state index contributed by atoms with van der Waals surface area (Å²) in [5, 5.41) is 0.371. The number of carbonyl (C=O) groups is 2. The average Bonchev–Trinajstić information content (AvgIpc) is 2.63. The first-order valence-electron chi connectivity index (χ1n) is 8.43. The maximum absolute atomic E-state index is 12.9. The summed E-state index contributed by atoms with van der Waals surface area (Å²) in [5.41, 5.74) is 2.37. The molecule has 2 aromatic carbocycles. The second-order valence-electron chi connectivity index (χ2n) is 6.42. The van der Waals surface area contributed by atoms with Gasteiger partial charge in [0.2, 0.25) is 5.91 Å². The smallest absolute Gasteiger partial charge is 0.254 e. The first-order valence-corrected chi connectivity index (χ1v) is 8.80. The van der Waals surface area contributed by atoms with Crippen molar-refractivity contribution in [1.82, 2.24) is 4.90 Å². The molecule has 0 N–H and O–H groups in total. The first kappa shape index (κ1) is 18.3. The van der Waals surface area contributed by atoms with E-state index < -0.39 is 0 Å². The maximum atomic E-state index is 12.9. The standard InChI is InChI=1S/C20H21ClN2O3/c1-13-6-4-5-7-17(13)23-11-14(2)22(12-19(23)24)20(25)15-8-9-18(26-3)16(21)10-15/h4-10,14H,11-12H2,1-3H3. The number of nitrogens with zero attached hydrogens (tertiary/aromatic N) is 2. The minimum atomic E-state index is -0.208. The van der Waals surface area contributed by atoms with Crippen LogP contribution in [0.1, 0.15) is 22.8 Å². The van der Waals surface area contributed by atoms with Crippen molar-refractivity contribution in [2.24, 2.45) is 0 Å². The quantitative estimate of drug-likeness (QED) is 0.828. The summed E-state index contributed by atoms with van der Waals surface area (Å²) in [7, 11) is 1.52. The third-order valence-corrected chi connectivity index (χ3v) is 4.95. The van der Waals surface area contributed by atoms with E-state index in [1.165, 1.54) is 7.11 Å². The Morgan fingerprint density at radius 2 is 1.96 bits per heavy atom. The lowest BCUT2D eigenvalue weighted by atomic mass is 10.1. The Balaban J connectivity index is 1.81. The second kappa shape index (κ2) is 7.38. The lowest BCUT2D eigenvalue weighted by Crippen LogP contribution is -2.57. The van der Waals surface area contributed by atoms with Crippen LogP contribution >= 0.6 is 11.6 Å². The molecule has 1 atom stereocenters. The highest BCUT2D eigenvalue weighted by Gasteiger charge is 2.34. The van der Waals surface area contributed by atoms with E-state index in [0.717, 1.165) is 11.3 Å². The Bertz CT molecular complexity index is 853. The van der Waals surface area contributed by atoms with Crippen LogP contribution in [-0.4, -0.2) is 43.0 Å². The molecular weight excluding hydrogens is 352 g/mol. The van der Waals surface area contributed by atoms with Crippen molar-refractivity contribution in [3.63, 3.8) is 0 Å². The van der Waals surface area contributed by atoms with Gasteiger partial charge in [-0.1, -0.05) is 29.8 Å². The fraction of sp³-hybridized carbons (Fsp3) is 0.300. The number of amides is 2. The molecular formula is C20H21ClN2O3. The number of hydrogen-bond acceptors (Lipinski definition) is 3. The molecule has 0 saturated carbocycles. The molecule has 2 aromatic rings. The molecule has 1 unspecified atom stereocenters. The van der Waals surface area contributed by atoms with Gasteiger partial charge in [-0.05, 0) is 43.7 Å². The van der Waals surface area contributed by atoms with E-state index in [1.54, 1.807) is 28.0 Å². The number of halogens is 1. The van der Waals surface area contributed by atoms with Crippen molar-refractivity contribution in [3.8, 4) is 5.75 Å². The predicted octanol–water partition coefficient (Wildman–Crippen LogP) is 3.53. The third-order valence-electron chi connectivity index (χ3n) is 4.65. The van der Waals surface area contributed by atoms with Crippen LogP contribution in [0, 0.1) is 6.92 Å². The fourth-order valence-corrected chi connectivity index (χ4v) is 3.45. The molecule has 0 aliphatic carbocycles. The highest BCUT2D eigenvalue weighted by Crippen LogP contribution is 2.28. The molecule has 1 aliphatic heterocycles. The van der Waals surface area contributed by atoms with Crippen LogP contribution in [0.4, 0.5) is 5.69 Å². The van der Waals surface area contributed by atoms with Crippen LogP contribution in [0.3, 0.4) is 0 Å². The summed E-state index contributed by atoms with van der Waals surface area (Å²) < 4.78 is 5.12. The Hall–Kier alpha value is -2.53. The molecule has 1 heterocycles.